The van der Waals surface area contributed by atoms with Crippen molar-refractivity contribution in [1.29, 1.82) is 0 Å². The van der Waals surface area contributed by atoms with Gasteiger partial charge in [0.15, 0.2) is 0 Å². The molecule has 0 aliphatic heterocycles. The largest absolute Gasteiger partial charge is 0.467 e. The lowest BCUT2D eigenvalue weighted by molar-refractivity contribution is 0.201. The van der Waals surface area contributed by atoms with E-state index in [0.717, 1.165) is 22.6 Å². The molecule has 1 heterocycles. The minimum Gasteiger partial charge on any atom is -0.467 e. The normalized spacial score (nSPS) is 10.5. The van der Waals surface area contributed by atoms with Gasteiger partial charge >= 0.3 is 6.03 Å². The molecule has 0 saturated carbocycles. The Morgan fingerprint density at radius 1 is 1.08 bits per heavy atom. The van der Waals surface area contributed by atoms with E-state index in [1.54, 1.807) is 17.2 Å². The molecule has 5 heteroatoms. The number of hydrogen-bond donors (Lipinski definition) is 1. The quantitative estimate of drug-likeness (QED) is 0.659. The molecular weight excluding hydrogens is 336 g/mol. The number of carbonyl (C=O) groups excluding carboxylic acids is 1. The monoisotopic (exact) mass is 354 g/mol. The van der Waals surface area contributed by atoms with Gasteiger partial charge in [-0.05, 0) is 48.4 Å². The number of anilines is 1. The van der Waals surface area contributed by atoms with Gasteiger partial charge < -0.3 is 14.6 Å². The van der Waals surface area contributed by atoms with Crippen LogP contribution in [0.1, 0.15) is 16.9 Å². The maximum absolute atomic E-state index is 12.8. The lowest BCUT2D eigenvalue weighted by Gasteiger charge is -2.23. The molecule has 3 rings (SSSR count). The number of benzene rings is 2. The second-order valence-electron chi connectivity index (χ2n) is 5.81. The summed E-state index contributed by atoms with van der Waals surface area (Å²) in [5, 5.41) is 3.60. The van der Waals surface area contributed by atoms with E-state index >= 15 is 0 Å². The van der Waals surface area contributed by atoms with Crippen LogP contribution in [0.25, 0.3) is 0 Å². The zero-order valence-electron chi connectivity index (χ0n) is 13.9. The SMILES string of the molecule is Cc1cc(Cl)ccc1NC(=O)N(Cc1ccccc1)Cc1ccco1. The minimum atomic E-state index is -0.189. The number of furan rings is 1. The first kappa shape index (κ1) is 17.1. The smallest absolute Gasteiger partial charge is 0.322 e. The van der Waals surface area contributed by atoms with Crippen molar-refractivity contribution in [2.75, 3.05) is 5.32 Å². The van der Waals surface area contributed by atoms with E-state index in [0.29, 0.717) is 18.1 Å². The van der Waals surface area contributed by atoms with Crippen LogP contribution in [0.2, 0.25) is 5.02 Å². The van der Waals surface area contributed by atoms with Crippen LogP contribution < -0.4 is 5.32 Å². The van der Waals surface area contributed by atoms with Crippen LogP contribution in [0, 0.1) is 6.92 Å². The maximum Gasteiger partial charge on any atom is 0.322 e. The van der Waals surface area contributed by atoms with Crippen LogP contribution in [0.3, 0.4) is 0 Å². The van der Waals surface area contributed by atoms with E-state index in [1.807, 2.05) is 61.5 Å². The number of rotatable bonds is 5. The molecule has 25 heavy (non-hydrogen) atoms. The van der Waals surface area contributed by atoms with Gasteiger partial charge in [-0.2, -0.15) is 0 Å². The zero-order chi connectivity index (χ0) is 17.6. The highest BCUT2D eigenvalue weighted by atomic mass is 35.5. The van der Waals surface area contributed by atoms with Crippen LogP contribution >= 0.6 is 11.6 Å². The first-order valence-corrected chi connectivity index (χ1v) is 8.38. The summed E-state index contributed by atoms with van der Waals surface area (Å²) >= 11 is 5.98. The van der Waals surface area contributed by atoms with Crippen molar-refractivity contribution in [3.8, 4) is 0 Å². The van der Waals surface area contributed by atoms with E-state index in [1.165, 1.54) is 0 Å². The molecule has 1 aromatic heterocycles. The van der Waals surface area contributed by atoms with Crippen molar-refractivity contribution >= 4 is 23.3 Å². The summed E-state index contributed by atoms with van der Waals surface area (Å²) < 4.78 is 5.40. The van der Waals surface area contributed by atoms with Crippen molar-refractivity contribution in [3.63, 3.8) is 0 Å². The van der Waals surface area contributed by atoms with Crippen molar-refractivity contribution in [3.05, 3.63) is 88.8 Å². The van der Waals surface area contributed by atoms with Crippen LogP contribution in [0.15, 0.2) is 71.3 Å². The molecule has 4 nitrogen and oxygen atoms in total. The molecule has 1 N–H and O–H groups in total. The predicted molar refractivity (Wildman–Crippen MR) is 99.6 cm³/mol. The molecule has 0 spiro atoms. The Labute approximate surface area is 152 Å². The molecule has 0 radical (unpaired) electrons. The number of nitrogens with one attached hydrogen (secondary N) is 1. The number of carbonyl (C=O) groups is 1. The van der Waals surface area contributed by atoms with E-state index in [-0.39, 0.29) is 6.03 Å². The van der Waals surface area contributed by atoms with E-state index < -0.39 is 0 Å². The van der Waals surface area contributed by atoms with Gasteiger partial charge in [0, 0.05) is 17.3 Å². The summed E-state index contributed by atoms with van der Waals surface area (Å²) in [6, 6.07) is 18.8. The summed E-state index contributed by atoms with van der Waals surface area (Å²) in [6.45, 7) is 2.79. The van der Waals surface area contributed by atoms with Crippen LogP contribution in [0.4, 0.5) is 10.5 Å². The fraction of sp³-hybridized carbons (Fsp3) is 0.150. The summed E-state index contributed by atoms with van der Waals surface area (Å²) in [5.74, 6) is 0.735. The first-order chi connectivity index (χ1) is 12.1. The zero-order valence-corrected chi connectivity index (χ0v) is 14.7. The van der Waals surface area contributed by atoms with Crippen molar-refractivity contribution < 1.29 is 9.21 Å². The topological polar surface area (TPSA) is 45.5 Å². The Balaban J connectivity index is 1.78. The average Bonchev–Trinajstić information content (AvgIpc) is 3.11. The van der Waals surface area contributed by atoms with Crippen LogP contribution in [-0.2, 0) is 13.1 Å². The average molecular weight is 355 g/mol. The summed E-state index contributed by atoms with van der Waals surface area (Å²) in [7, 11) is 0. The Bertz CT molecular complexity index is 832. The molecule has 128 valence electrons. The molecule has 3 aromatic rings. The predicted octanol–water partition coefficient (Wildman–Crippen LogP) is 5.48. The van der Waals surface area contributed by atoms with E-state index in [2.05, 4.69) is 5.32 Å². The Morgan fingerprint density at radius 2 is 1.88 bits per heavy atom. The van der Waals surface area contributed by atoms with Gasteiger partial charge in [-0.15, -0.1) is 0 Å². The van der Waals surface area contributed by atoms with Gasteiger partial charge in [-0.25, -0.2) is 4.79 Å². The Kier molecular flexibility index (Phi) is 5.41. The second-order valence-corrected chi connectivity index (χ2v) is 6.25. The Morgan fingerprint density at radius 3 is 2.56 bits per heavy atom. The van der Waals surface area contributed by atoms with Gasteiger partial charge in [0.1, 0.15) is 5.76 Å². The lowest BCUT2D eigenvalue weighted by Crippen LogP contribution is -2.34. The van der Waals surface area contributed by atoms with Gasteiger partial charge in [0.2, 0.25) is 0 Å². The lowest BCUT2D eigenvalue weighted by atomic mass is 10.2. The molecule has 0 aliphatic carbocycles. The fourth-order valence-electron chi connectivity index (χ4n) is 2.56. The molecule has 0 atom stereocenters. The number of urea groups is 1. The minimum absolute atomic E-state index is 0.189. The van der Waals surface area contributed by atoms with E-state index in [4.69, 9.17) is 16.0 Å². The highest BCUT2D eigenvalue weighted by Crippen LogP contribution is 2.21. The van der Waals surface area contributed by atoms with Gasteiger partial charge in [0.25, 0.3) is 0 Å². The molecule has 0 aliphatic rings. The number of halogens is 1. The van der Waals surface area contributed by atoms with Gasteiger partial charge in [-0.3, -0.25) is 0 Å². The highest BCUT2D eigenvalue weighted by Gasteiger charge is 2.17. The summed E-state index contributed by atoms with van der Waals surface area (Å²) in [4.78, 5) is 14.5. The van der Waals surface area contributed by atoms with Crippen molar-refractivity contribution in [2.45, 2.75) is 20.0 Å². The van der Waals surface area contributed by atoms with Crippen molar-refractivity contribution in [2.24, 2.45) is 0 Å². The fourth-order valence-corrected chi connectivity index (χ4v) is 2.78. The summed E-state index contributed by atoms with van der Waals surface area (Å²) in [5.41, 5.74) is 2.71. The molecule has 2 aromatic carbocycles. The van der Waals surface area contributed by atoms with Crippen LogP contribution in [0.5, 0.6) is 0 Å². The van der Waals surface area contributed by atoms with Crippen LogP contribution in [-0.4, -0.2) is 10.9 Å². The highest BCUT2D eigenvalue weighted by molar-refractivity contribution is 6.30. The standard InChI is InChI=1S/C20H19ClN2O2/c1-15-12-17(21)9-10-19(15)22-20(24)23(14-18-8-5-11-25-18)13-16-6-3-2-4-7-16/h2-12H,13-14H2,1H3,(H,22,24). The third-order valence-corrected chi connectivity index (χ3v) is 4.10. The van der Waals surface area contributed by atoms with E-state index in [9.17, 15) is 4.79 Å². The van der Waals surface area contributed by atoms with Gasteiger partial charge in [-0.1, -0.05) is 41.9 Å². The number of aryl methyl sites for hydroxylation is 1. The number of hydrogen-bond acceptors (Lipinski definition) is 2. The molecule has 0 saturated heterocycles. The third-order valence-electron chi connectivity index (χ3n) is 3.86. The molecular formula is C20H19ClN2O2. The number of nitrogens with zero attached hydrogens (tertiary/aromatic N) is 1. The molecule has 0 unspecified atom stereocenters. The van der Waals surface area contributed by atoms with Crippen molar-refractivity contribution in [1.82, 2.24) is 4.90 Å². The first-order valence-electron chi connectivity index (χ1n) is 8.00. The van der Waals surface area contributed by atoms with Gasteiger partial charge in [0.05, 0.1) is 12.8 Å². The second kappa shape index (κ2) is 7.90. The third kappa shape index (κ3) is 4.64. The maximum atomic E-state index is 12.8. The molecule has 0 fully saturated rings. The molecule has 2 amide bonds. The number of amides is 2. The Hall–Kier alpha value is -2.72. The summed E-state index contributed by atoms with van der Waals surface area (Å²) in [6.07, 6.45) is 1.61. The molecule has 0 bridgehead atoms.